The van der Waals surface area contributed by atoms with Gasteiger partial charge in [0.05, 0.1) is 17.4 Å². The molecule has 0 bridgehead atoms. The zero-order valence-electron chi connectivity index (χ0n) is 16.2. The number of nitrogens with one attached hydrogen (secondary N) is 1. The molecule has 1 aromatic heterocycles. The summed E-state index contributed by atoms with van der Waals surface area (Å²) in [7, 11) is 0. The van der Waals surface area contributed by atoms with Gasteiger partial charge in [0.2, 0.25) is 0 Å². The lowest BCUT2D eigenvalue weighted by Crippen LogP contribution is -2.38. The van der Waals surface area contributed by atoms with Crippen molar-refractivity contribution in [3.63, 3.8) is 0 Å². The van der Waals surface area contributed by atoms with Crippen molar-refractivity contribution in [3.8, 4) is 0 Å². The fourth-order valence-corrected chi connectivity index (χ4v) is 3.98. The second-order valence-corrected chi connectivity index (χ2v) is 7.50. The maximum Gasteiger partial charge on any atom is 0.416 e. The third-order valence-corrected chi connectivity index (χ3v) is 5.54. The molecule has 30 heavy (non-hydrogen) atoms. The smallest absolute Gasteiger partial charge is 0.321 e. The molecule has 1 aliphatic carbocycles. The molecule has 1 aromatic carbocycles. The highest BCUT2D eigenvalue weighted by molar-refractivity contribution is 6.04. The maximum absolute atomic E-state index is 12.8. The molecular weight excluding hydrogens is 397 g/mol. The van der Waals surface area contributed by atoms with Crippen molar-refractivity contribution in [1.82, 2.24) is 9.88 Å². The van der Waals surface area contributed by atoms with Crippen LogP contribution in [-0.2, 0) is 6.18 Å². The number of nitrogens with zero attached hydrogens (tertiary/aromatic N) is 3. The number of urea groups is 1. The van der Waals surface area contributed by atoms with Gasteiger partial charge in [0.1, 0.15) is 5.82 Å². The average Bonchev–Trinajstić information content (AvgIpc) is 3.38. The summed E-state index contributed by atoms with van der Waals surface area (Å²) in [4.78, 5) is 32.8. The van der Waals surface area contributed by atoms with E-state index in [1.54, 1.807) is 17.0 Å². The lowest BCUT2D eigenvalue weighted by atomic mass is 10.1. The van der Waals surface area contributed by atoms with Crippen LogP contribution < -0.4 is 10.2 Å². The van der Waals surface area contributed by atoms with Crippen LogP contribution in [0, 0.1) is 0 Å². The Hall–Kier alpha value is -3.10. The van der Waals surface area contributed by atoms with Gasteiger partial charge in [-0.25, -0.2) is 9.78 Å². The van der Waals surface area contributed by atoms with Crippen LogP contribution in [0.1, 0.15) is 41.6 Å². The van der Waals surface area contributed by atoms with Crippen molar-refractivity contribution in [2.45, 2.75) is 37.9 Å². The number of halogens is 3. The molecule has 2 aromatic rings. The minimum absolute atomic E-state index is 0.0600. The molecule has 2 aliphatic rings. The largest absolute Gasteiger partial charge is 0.416 e. The minimum atomic E-state index is -4.52. The number of hydrogen-bond acceptors (Lipinski definition) is 3. The Morgan fingerprint density at radius 3 is 2.53 bits per heavy atom. The Morgan fingerprint density at radius 2 is 1.87 bits per heavy atom. The average molecular weight is 418 g/mol. The lowest BCUT2D eigenvalue weighted by molar-refractivity contribution is -0.137. The van der Waals surface area contributed by atoms with E-state index in [0.29, 0.717) is 30.6 Å². The van der Waals surface area contributed by atoms with E-state index in [1.165, 1.54) is 18.3 Å². The van der Waals surface area contributed by atoms with E-state index in [4.69, 9.17) is 0 Å². The van der Waals surface area contributed by atoms with E-state index in [0.717, 1.165) is 37.8 Å². The molecule has 0 spiro atoms. The molecule has 0 atom stereocenters. The number of carbonyl (C=O) groups is 2. The van der Waals surface area contributed by atoms with Crippen LogP contribution in [0.15, 0.2) is 42.6 Å². The van der Waals surface area contributed by atoms with Gasteiger partial charge < -0.3 is 10.2 Å². The summed E-state index contributed by atoms with van der Waals surface area (Å²) in [6, 6.07) is 7.66. The Kier molecular flexibility index (Phi) is 5.36. The number of alkyl halides is 3. The Balaban J connectivity index is 1.42. The Morgan fingerprint density at radius 1 is 1.10 bits per heavy atom. The van der Waals surface area contributed by atoms with Crippen molar-refractivity contribution < 1.29 is 22.8 Å². The van der Waals surface area contributed by atoms with E-state index < -0.39 is 17.6 Å². The van der Waals surface area contributed by atoms with Crippen LogP contribution in [0.4, 0.5) is 29.5 Å². The third kappa shape index (κ3) is 4.10. The van der Waals surface area contributed by atoms with Crippen LogP contribution in [0.5, 0.6) is 0 Å². The summed E-state index contributed by atoms with van der Waals surface area (Å²) >= 11 is 0. The molecule has 4 rings (SSSR count). The molecule has 6 nitrogen and oxygen atoms in total. The van der Waals surface area contributed by atoms with E-state index in [9.17, 15) is 22.8 Å². The molecule has 3 amide bonds. The van der Waals surface area contributed by atoms with Crippen LogP contribution in [0.25, 0.3) is 0 Å². The molecule has 1 saturated heterocycles. The zero-order valence-corrected chi connectivity index (χ0v) is 16.2. The topological polar surface area (TPSA) is 65.5 Å². The monoisotopic (exact) mass is 418 g/mol. The fraction of sp³-hybridized carbons (Fsp3) is 0.381. The van der Waals surface area contributed by atoms with Gasteiger partial charge in [0.25, 0.3) is 5.91 Å². The summed E-state index contributed by atoms with van der Waals surface area (Å²) in [5, 5.41) is 2.54. The zero-order chi connectivity index (χ0) is 21.3. The number of aromatic nitrogens is 1. The highest BCUT2D eigenvalue weighted by Gasteiger charge is 2.36. The molecule has 0 radical (unpaired) electrons. The maximum atomic E-state index is 12.8. The number of anilines is 2. The van der Waals surface area contributed by atoms with Gasteiger partial charge in [0.15, 0.2) is 0 Å². The Labute approximate surface area is 171 Å². The SMILES string of the molecule is O=C(Nc1ccc(N2CCN(C3CCCC3)C2=O)nc1)c1cccc(C(F)(F)F)c1. The summed E-state index contributed by atoms with van der Waals surface area (Å²) in [5.74, 6) is -0.183. The first-order valence-electron chi connectivity index (χ1n) is 9.86. The lowest BCUT2D eigenvalue weighted by Gasteiger charge is -2.23. The molecule has 2 heterocycles. The fourth-order valence-electron chi connectivity index (χ4n) is 3.98. The van der Waals surface area contributed by atoms with Crippen LogP contribution in [-0.4, -0.2) is 41.0 Å². The van der Waals surface area contributed by atoms with Gasteiger partial charge >= 0.3 is 12.2 Å². The predicted octanol–water partition coefficient (Wildman–Crippen LogP) is 4.54. The van der Waals surface area contributed by atoms with Crippen LogP contribution in [0.3, 0.4) is 0 Å². The van der Waals surface area contributed by atoms with Crippen molar-refractivity contribution in [2.24, 2.45) is 0 Å². The van der Waals surface area contributed by atoms with E-state index in [-0.39, 0.29) is 11.6 Å². The molecular formula is C21H21F3N4O2. The minimum Gasteiger partial charge on any atom is -0.321 e. The molecule has 158 valence electrons. The van der Waals surface area contributed by atoms with Crippen LogP contribution in [0.2, 0.25) is 0 Å². The summed E-state index contributed by atoms with van der Waals surface area (Å²) in [6.45, 7) is 1.22. The van der Waals surface area contributed by atoms with Crippen molar-refractivity contribution in [1.29, 1.82) is 0 Å². The van der Waals surface area contributed by atoms with Gasteiger partial charge in [0, 0.05) is 24.7 Å². The first-order chi connectivity index (χ1) is 14.3. The third-order valence-electron chi connectivity index (χ3n) is 5.54. The van der Waals surface area contributed by atoms with E-state index >= 15 is 0 Å². The normalized spacial score (nSPS) is 17.6. The van der Waals surface area contributed by atoms with Gasteiger partial charge in [-0.15, -0.1) is 0 Å². The summed E-state index contributed by atoms with van der Waals surface area (Å²) < 4.78 is 38.5. The standard InChI is InChI=1S/C21H21F3N4O2/c22-21(23,24)15-5-3-4-14(12-15)19(29)26-16-8-9-18(25-13-16)28-11-10-27(20(28)30)17-6-1-2-7-17/h3-5,8-9,12-13,17H,1-2,6-7,10-11H2,(H,26,29). The van der Waals surface area contributed by atoms with Gasteiger partial charge in [-0.3, -0.25) is 9.69 Å². The molecule has 1 N–H and O–H groups in total. The highest BCUT2D eigenvalue weighted by atomic mass is 19.4. The molecule has 1 saturated carbocycles. The van der Waals surface area contributed by atoms with Gasteiger partial charge in [-0.1, -0.05) is 18.9 Å². The molecule has 0 unspecified atom stereocenters. The van der Waals surface area contributed by atoms with Crippen molar-refractivity contribution >= 4 is 23.4 Å². The van der Waals surface area contributed by atoms with E-state index in [1.807, 2.05) is 4.90 Å². The van der Waals surface area contributed by atoms with Gasteiger partial charge in [-0.2, -0.15) is 13.2 Å². The number of amides is 3. The molecule has 2 fully saturated rings. The van der Waals surface area contributed by atoms with Crippen molar-refractivity contribution in [2.75, 3.05) is 23.3 Å². The van der Waals surface area contributed by atoms with Gasteiger partial charge in [-0.05, 0) is 43.2 Å². The van der Waals surface area contributed by atoms with Crippen LogP contribution >= 0.6 is 0 Å². The number of carbonyl (C=O) groups excluding carboxylic acids is 2. The number of rotatable bonds is 4. The first kappa shape index (κ1) is 20.2. The number of hydrogen-bond donors (Lipinski definition) is 1. The highest BCUT2D eigenvalue weighted by Crippen LogP contribution is 2.30. The number of benzene rings is 1. The second-order valence-electron chi connectivity index (χ2n) is 7.50. The first-order valence-corrected chi connectivity index (χ1v) is 9.86. The number of pyridine rings is 1. The van der Waals surface area contributed by atoms with E-state index in [2.05, 4.69) is 10.3 Å². The predicted molar refractivity (Wildman–Crippen MR) is 105 cm³/mol. The summed E-state index contributed by atoms with van der Waals surface area (Å²) in [6.07, 6.45) is 1.24. The van der Waals surface area contributed by atoms with Crippen molar-refractivity contribution in [3.05, 3.63) is 53.7 Å². The summed E-state index contributed by atoms with van der Waals surface area (Å²) in [5.41, 5.74) is -0.653. The Bertz CT molecular complexity index is 940. The molecule has 1 aliphatic heterocycles. The quantitative estimate of drug-likeness (QED) is 0.793. The molecule has 9 heteroatoms. The second kappa shape index (κ2) is 7.97.